The highest BCUT2D eigenvalue weighted by Gasteiger charge is 2.09. The molecular weight excluding hydrogens is 256 g/mol. The van der Waals surface area contributed by atoms with Gasteiger partial charge in [-0.3, -0.25) is 19.4 Å². The molecule has 0 bridgehead atoms. The fourth-order valence-corrected chi connectivity index (χ4v) is 2.14. The van der Waals surface area contributed by atoms with Crippen molar-refractivity contribution in [2.45, 2.75) is 16.8 Å². The molecule has 0 amide bonds. The van der Waals surface area contributed by atoms with Crippen LogP contribution in [0.1, 0.15) is 5.56 Å². The molecule has 2 aromatic heterocycles. The number of aliphatic hydroxyl groups is 1. The lowest BCUT2D eigenvalue weighted by Crippen LogP contribution is -2.33. The van der Waals surface area contributed by atoms with Crippen LogP contribution in [0.5, 0.6) is 0 Å². The van der Waals surface area contributed by atoms with Crippen LogP contribution in [-0.2, 0) is 13.7 Å². The standard InChI is InChI=1S/C10H10N4O3S/c1-14-10(12-7(16)8(17)13-14)18-9-6(5-15)3-2-4-11-9/h2-4,15H,5H2,1H3,(H,13,17). The van der Waals surface area contributed by atoms with Gasteiger partial charge in [0.2, 0.25) is 0 Å². The molecule has 0 aromatic carbocycles. The van der Waals surface area contributed by atoms with E-state index in [9.17, 15) is 9.59 Å². The van der Waals surface area contributed by atoms with E-state index in [4.69, 9.17) is 5.11 Å². The maximum atomic E-state index is 11.2. The van der Waals surface area contributed by atoms with Crippen molar-refractivity contribution in [3.63, 3.8) is 0 Å². The Morgan fingerprint density at radius 3 is 3.00 bits per heavy atom. The van der Waals surface area contributed by atoms with Gasteiger partial charge in [-0.05, 0) is 17.8 Å². The first-order valence-electron chi connectivity index (χ1n) is 5.02. The van der Waals surface area contributed by atoms with Crippen LogP contribution in [-0.4, -0.2) is 24.9 Å². The number of aromatic amines is 1. The number of aromatic nitrogens is 4. The third kappa shape index (κ3) is 2.49. The molecule has 0 unspecified atom stereocenters. The van der Waals surface area contributed by atoms with Crippen LogP contribution in [0.4, 0.5) is 0 Å². The Labute approximate surface area is 106 Å². The second-order valence-corrected chi connectivity index (χ2v) is 4.38. The van der Waals surface area contributed by atoms with Crippen molar-refractivity contribution < 1.29 is 5.11 Å². The molecule has 0 aliphatic rings. The molecule has 0 aliphatic heterocycles. The van der Waals surface area contributed by atoms with E-state index in [1.807, 2.05) is 0 Å². The summed E-state index contributed by atoms with van der Waals surface area (Å²) in [4.78, 5) is 30.0. The van der Waals surface area contributed by atoms with E-state index in [0.29, 0.717) is 15.7 Å². The molecule has 0 saturated heterocycles. The summed E-state index contributed by atoms with van der Waals surface area (Å²) in [5.74, 6) is 0. The Morgan fingerprint density at radius 2 is 2.28 bits per heavy atom. The van der Waals surface area contributed by atoms with E-state index in [0.717, 1.165) is 11.8 Å². The second kappa shape index (κ2) is 5.15. The Balaban J connectivity index is 2.43. The van der Waals surface area contributed by atoms with Gasteiger partial charge in [0.05, 0.1) is 6.61 Å². The van der Waals surface area contributed by atoms with Gasteiger partial charge < -0.3 is 5.11 Å². The van der Waals surface area contributed by atoms with Crippen LogP contribution in [0, 0.1) is 0 Å². The lowest BCUT2D eigenvalue weighted by molar-refractivity contribution is 0.278. The zero-order chi connectivity index (χ0) is 13.1. The van der Waals surface area contributed by atoms with Gasteiger partial charge in [-0.1, -0.05) is 6.07 Å². The van der Waals surface area contributed by atoms with Crippen LogP contribution < -0.4 is 11.1 Å². The van der Waals surface area contributed by atoms with E-state index in [1.54, 1.807) is 25.4 Å². The van der Waals surface area contributed by atoms with Crippen molar-refractivity contribution in [2.75, 3.05) is 0 Å². The van der Waals surface area contributed by atoms with Crippen molar-refractivity contribution in [3.8, 4) is 0 Å². The summed E-state index contributed by atoms with van der Waals surface area (Å²) in [6.07, 6.45) is 1.57. The summed E-state index contributed by atoms with van der Waals surface area (Å²) < 4.78 is 1.34. The molecule has 2 aromatic rings. The number of rotatable bonds is 3. The molecule has 7 nitrogen and oxygen atoms in total. The molecule has 2 rings (SSSR count). The monoisotopic (exact) mass is 266 g/mol. The largest absolute Gasteiger partial charge is 0.392 e. The summed E-state index contributed by atoms with van der Waals surface area (Å²) >= 11 is 1.10. The van der Waals surface area contributed by atoms with Crippen LogP contribution in [0.3, 0.4) is 0 Å². The van der Waals surface area contributed by atoms with Crippen molar-refractivity contribution in [3.05, 3.63) is 44.6 Å². The zero-order valence-electron chi connectivity index (χ0n) is 9.45. The SMILES string of the molecule is Cn1[nH]c(=O)c(=O)nc1Sc1ncccc1CO. The minimum atomic E-state index is -0.850. The molecule has 0 atom stereocenters. The van der Waals surface area contributed by atoms with Gasteiger partial charge in [0.15, 0.2) is 5.16 Å². The summed E-state index contributed by atoms with van der Waals surface area (Å²) in [6.45, 7) is -0.159. The number of nitrogens with zero attached hydrogens (tertiary/aromatic N) is 3. The zero-order valence-corrected chi connectivity index (χ0v) is 10.3. The number of aliphatic hydroxyl groups excluding tert-OH is 1. The van der Waals surface area contributed by atoms with Gasteiger partial charge in [0.1, 0.15) is 5.03 Å². The highest BCUT2D eigenvalue weighted by atomic mass is 32.2. The topological polar surface area (TPSA) is 101 Å². The summed E-state index contributed by atoms with van der Waals surface area (Å²) in [6, 6.07) is 3.42. The molecule has 0 spiro atoms. The Bertz CT molecular complexity index is 679. The Hall–Kier alpha value is -1.93. The van der Waals surface area contributed by atoms with Crippen molar-refractivity contribution in [1.29, 1.82) is 0 Å². The van der Waals surface area contributed by atoms with Crippen molar-refractivity contribution in [2.24, 2.45) is 7.05 Å². The third-order valence-electron chi connectivity index (χ3n) is 2.16. The quantitative estimate of drug-likeness (QED) is 0.727. The fourth-order valence-electron chi connectivity index (χ4n) is 1.27. The van der Waals surface area contributed by atoms with E-state index >= 15 is 0 Å². The first kappa shape index (κ1) is 12.5. The summed E-state index contributed by atoms with van der Waals surface area (Å²) in [7, 11) is 1.57. The minimum Gasteiger partial charge on any atom is -0.392 e. The maximum absolute atomic E-state index is 11.2. The molecule has 18 heavy (non-hydrogen) atoms. The van der Waals surface area contributed by atoms with Gasteiger partial charge in [0.25, 0.3) is 0 Å². The van der Waals surface area contributed by atoms with Crippen molar-refractivity contribution in [1.82, 2.24) is 19.7 Å². The third-order valence-corrected chi connectivity index (χ3v) is 3.26. The molecule has 0 aliphatic carbocycles. The van der Waals surface area contributed by atoms with Crippen LogP contribution >= 0.6 is 11.8 Å². The lowest BCUT2D eigenvalue weighted by atomic mass is 10.3. The Kier molecular flexibility index (Phi) is 3.58. The van der Waals surface area contributed by atoms with Gasteiger partial charge in [-0.2, -0.15) is 4.98 Å². The molecule has 8 heteroatoms. The normalized spacial score (nSPS) is 10.6. The van der Waals surface area contributed by atoms with Gasteiger partial charge in [0, 0.05) is 18.8 Å². The molecule has 2 heterocycles. The summed E-state index contributed by atoms with van der Waals surface area (Å²) in [5, 5.41) is 12.3. The van der Waals surface area contributed by atoms with Crippen LogP contribution in [0.25, 0.3) is 0 Å². The predicted octanol–water partition coefficient (Wildman–Crippen LogP) is -0.493. The average Bonchev–Trinajstić information content (AvgIpc) is 2.36. The number of nitrogens with one attached hydrogen (secondary N) is 1. The average molecular weight is 266 g/mol. The van der Waals surface area contributed by atoms with Crippen LogP contribution in [0.15, 0.2) is 38.1 Å². The van der Waals surface area contributed by atoms with Crippen LogP contribution in [0.2, 0.25) is 0 Å². The van der Waals surface area contributed by atoms with E-state index < -0.39 is 11.1 Å². The number of hydrogen-bond donors (Lipinski definition) is 2. The smallest absolute Gasteiger partial charge is 0.339 e. The van der Waals surface area contributed by atoms with E-state index in [-0.39, 0.29) is 6.61 Å². The fraction of sp³-hybridized carbons (Fsp3) is 0.200. The molecular formula is C10H10N4O3S. The lowest BCUT2D eigenvalue weighted by Gasteiger charge is -2.07. The number of H-pyrrole nitrogens is 1. The van der Waals surface area contributed by atoms with E-state index in [1.165, 1.54) is 4.68 Å². The highest BCUT2D eigenvalue weighted by molar-refractivity contribution is 7.99. The minimum absolute atomic E-state index is 0.159. The Morgan fingerprint density at radius 1 is 1.50 bits per heavy atom. The highest BCUT2D eigenvalue weighted by Crippen LogP contribution is 2.25. The van der Waals surface area contributed by atoms with Crippen molar-refractivity contribution >= 4 is 11.8 Å². The number of pyridine rings is 1. The van der Waals surface area contributed by atoms with Gasteiger partial charge in [-0.15, -0.1) is 0 Å². The molecule has 2 N–H and O–H groups in total. The van der Waals surface area contributed by atoms with Gasteiger partial charge >= 0.3 is 11.1 Å². The number of hydrogen-bond acceptors (Lipinski definition) is 6. The second-order valence-electron chi connectivity index (χ2n) is 3.43. The molecule has 94 valence electrons. The van der Waals surface area contributed by atoms with E-state index in [2.05, 4.69) is 15.1 Å². The first-order valence-corrected chi connectivity index (χ1v) is 5.83. The summed E-state index contributed by atoms with van der Waals surface area (Å²) in [5.41, 5.74) is -0.995. The van der Waals surface area contributed by atoms with Gasteiger partial charge in [-0.25, -0.2) is 4.98 Å². The molecule has 0 fully saturated rings. The molecule has 0 saturated carbocycles. The molecule has 0 radical (unpaired) electrons. The predicted molar refractivity (Wildman–Crippen MR) is 64.4 cm³/mol. The number of aryl methyl sites for hydroxylation is 1. The maximum Gasteiger partial charge on any atom is 0.339 e. The first-order chi connectivity index (χ1) is 8.61.